The predicted octanol–water partition coefficient (Wildman–Crippen LogP) is 3.85. The fraction of sp³-hybridized carbons (Fsp3) is 0.0909. The second kappa shape index (κ2) is 8.79. The highest BCUT2D eigenvalue weighted by Gasteiger charge is 2.14. The molecule has 29 heavy (non-hydrogen) atoms. The van der Waals surface area contributed by atoms with E-state index in [9.17, 15) is 14.7 Å². The van der Waals surface area contributed by atoms with Crippen LogP contribution in [0, 0.1) is 0 Å². The number of carbonyl (C=O) groups is 2. The summed E-state index contributed by atoms with van der Waals surface area (Å²) in [5.41, 5.74) is 0.612. The summed E-state index contributed by atoms with van der Waals surface area (Å²) in [7, 11) is 3.05. The average Bonchev–Trinajstić information content (AvgIpc) is 2.75. The zero-order valence-corrected chi connectivity index (χ0v) is 15.7. The first-order valence-electron chi connectivity index (χ1n) is 8.55. The van der Waals surface area contributed by atoms with Gasteiger partial charge in [-0.2, -0.15) is 0 Å². The largest absolute Gasteiger partial charge is 0.504 e. The van der Waals surface area contributed by atoms with Crippen molar-refractivity contribution in [2.24, 2.45) is 0 Å². The van der Waals surface area contributed by atoms with Gasteiger partial charge in [0.15, 0.2) is 11.5 Å². The summed E-state index contributed by atoms with van der Waals surface area (Å²) in [4.78, 5) is 24.4. The first kappa shape index (κ1) is 19.8. The third kappa shape index (κ3) is 4.84. The van der Waals surface area contributed by atoms with Gasteiger partial charge in [0.25, 0.3) is 0 Å². The number of carbonyl (C=O) groups excluding carboxylic acids is 2. The van der Waals surface area contributed by atoms with Gasteiger partial charge in [-0.05, 0) is 60.7 Å². The van der Waals surface area contributed by atoms with Crippen molar-refractivity contribution in [1.82, 2.24) is 0 Å². The molecule has 0 heterocycles. The molecule has 0 aromatic heterocycles. The molecule has 3 rings (SSSR count). The van der Waals surface area contributed by atoms with Crippen molar-refractivity contribution >= 4 is 11.9 Å². The summed E-state index contributed by atoms with van der Waals surface area (Å²) >= 11 is 0. The van der Waals surface area contributed by atoms with Gasteiger partial charge >= 0.3 is 11.9 Å². The second-order valence-electron chi connectivity index (χ2n) is 5.87. The van der Waals surface area contributed by atoms with Gasteiger partial charge in [0.1, 0.15) is 17.2 Å². The van der Waals surface area contributed by atoms with Gasteiger partial charge in [-0.15, -0.1) is 0 Å². The van der Waals surface area contributed by atoms with Gasteiger partial charge in [-0.3, -0.25) is 0 Å². The average molecular weight is 394 g/mol. The Morgan fingerprint density at radius 3 is 1.55 bits per heavy atom. The molecule has 0 bridgehead atoms. The number of benzene rings is 3. The quantitative estimate of drug-likeness (QED) is 0.502. The van der Waals surface area contributed by atoms with E-state index in [0.29, 0.717) is 22.6 Å². The highest BCUT2D eigenvalue weighted by atomic mass is 16.5. The normalized spacial score (nSPS) is 10.1. The van der Waals surface area contributed by atoms with Crippen molar-refractivity contribution in [2.75, 3.05) is 14.2 Å². The first-order valence-corrected chi connectivity index (χ1v) is 8.55. The van der Waals surface area contributed by atoms with Crippen molar-refractivity contribution in [3.05, 3.63) is 77.9 Å². The molecule has 0 saturated heterocycles. The van der Waals surface area contributed by atoms with Gasteiger partial charge < -0.3 is 24.1 Å². The molecule has 0 saturated carbocycles. The van der Waals surface area contributed by atoms with Crippen LogP contribution in [0.1, 0.15) is 20.7 Å². The molecule has 148 valence electrons. The maximum Gasteiger partial charge on any atom is 0.343 e. The van der Waals surface area contributed by atoms with Crippen molar-refractivity contribution in [2.45, 2.75) is 0 Å². The van der Waals surface area contributed by atoms with E-state index < -0.39 is 11.9 Å². The van der Waals surface area contributed by atoms with E-state index in [-0.39, 0.29) is 17.2 Å². The van der Waals surface area contributed by atoms with Crippen LogP contribution < -0.4 is 18.9 Å². The molecule has 3 aromatic carbocycles. The summed E-state index contributed by atoms with van der Waals surface area (Å²) in [6.07, 6.45) is 0. The van der Waals surface area contributed by atoms with E-state index in [1.165, 1.54) is 32.4 Å². The zero-order chi connectivity index (χ0) is 20.8. The van der Waals surface area contributed by atoms with E-state index >= 15 is 0 Å². The number of phenols is 1. The molecule has 3 aromatic rings. The number of aromatic hydroxyl groups is 1. The lowest BCUT2D eigenvalue weighted by molar-refractivity contribution is 0.0715. The van der Waals surface area contributed by atoms with Crippen LogP contribution >= 0.6 is 0 Å². The molecule has 0 spiro atoms. The molecule has 0 unspecified atom stereocenters. The SMILES string of the molecule is COc1ccc(C(=O)Oc2ccc(OC(=O)c3ccc(OC)cc3)c(O)c2)cc1. The number of esters is 2. The number of hydrogen-bond donors (Lipinski definition) is 1. The Bertz CT molecular complexity index is 1010. The number of ether oxygens (including phenoxy) is 4. The van der Waals surface area contributed by atoms with E-state index in [1.54, 1.807) is 48.5 Å². The van der Waals surface area contributed by atoms with Crippen molar-refractivity contribution in [3.8, 4) is 28.7 Å². The molecule has 0 radical (unpaired) electrons. The Kier molecular flexibility index (Phi) is 5.99. The summed E-state index contributed by atoms with van der Waals surface area (Å²) in [6, 6.07) is 16.7. The highest BCUT2D eigenvalue weighted by molar-refractivity contribution is 5.92. The Labute approximate surface area is 167 Å². The maximum atomic E-state index is 12.2. The molecule has 0 aliphatic rings. The lowest BCUT2D eigenvalue weighted by Crippen LogP contribution is -2.10. The molecule has 1 N–H and O–H groups in total. The molecule has 0 amide bonds. The molecule has 7 nitrogen and oxygen atoms in total. The van der Waals surface area contributed by atoms with Gasteiger partial charge in [0, 0.05) is 6.07 Å². The van der Waals surface area contributed by atoms with Crippen LogP contribution in [0.25, 0.3) is 0 Å². The molecule has 0 aliphatic carbocycles. The van der Waals surface area contributed by atoms with Crippen molar-refractivity contribution < 1.29 is 33.6 Å². The predicted molar refractivity (Wildman–Crippen MR) is 104 cm³/mol. The minimum absolute atomic E-state index is 0.0601. The molecular weight excluding hydrogens is 376 g/mol. The molecular formula is C22H18O7. The number of methoxy groups -OCH3 is 2. The first-order chi connectivity index (χ1) is 14.0. The van der Waals surface area contributed by atoms with Gasteiger partial charge in [-0.1, -0.05) is 0 Å². The van der Waals surface area contributed by atoms with Crippen LogP contribution in [-0.4, -0.2) is 31.3 Å². The minimum atomic E-state index is -0.647. The standard InChI is InChI=1S/C22H18O7/c1-26-16-7-3-14(4-8-16)21(24)28-18-11-12-20(19(23)13-18)29-22(25)15-5-9-17(27-2)10-6-15/h3-13,23H,1-2H3. The van der Waals surface area contributed by atoms with Crippen molar-refractivity contribution in [1.29, 1.82) is 0 Å². The van der Waals surface area contributed by atoms with E-state index in [0.717, 1.165) is 0 Å². The van der Waals surface area contributed by atoms with E-state index in [1.807, 2.05) is 0 Å². The third-order valence-corrected chi connectivity index (χ3v) is 4.00. The Morgan fingerprint density at radius 1 is 0.655 bits per heavy atom. The van der Waals surface area contributed by atoms with E-state index in [4.69, 9.17) is 18.9 Å². The molecule has 0 aliphatic heterocycles. The number of rotatable bonds is 6. The molecule has 0 atom stereocenters. The van der Waals surface area contributed by atoms with Crippen LogP contribution in [0.2, 0.25) is 0 Å². The van der Waals surface area contributed by atoms with Crippen molar-refractivity contribution in [3.63, 3.8) is 0 Å². The second-order valence-corrected chi connectivity index (χ2v) is 5.87. The smallest absolute Gasteiger partial charge is 0.343 e. The van der Waals surface area contributed by atoms with Gasteiger partial charge in [0.05, 0.1) is 25.3 Å². The summed E-state index contributed by atoms with van der Waals surface area (Å²) < 4.78 is 20.5. The van der Waals surface area contributed by atoms with E-state index in [2.05, 4.69) is 0 Å². The van der Waals surface area contributed by atoms with Gasteiger partial charge in [-0.25, -0.2) is 9.59 Å². The minimum Gasteiger partial charge on any atom is -0.504 e. The number of phenolic OH excluding ortho intramolecular Hbond substituents is 1. The van der Waals surface area contributed by atoms with Crippen LogP contribution in [-0.2, 0) is 0 Å². The lowest BCUT2D eigenvalue weighted by atomic mass is 10.2. The Hall–Kier alpha value is -4.00. The monoisotopic (exact) mass is 394 g/mol. The molecule has 7 heteroatoms. The number of hydrogen-bond acceptors (Lipinski definition) is 7. The highest BCUT2D eigenvalue weighted by Crippen LogP contribution is 2.31. The summed E-state index contributed by atoms with van der Waals surface area (Å²) in [5.74, 6) is -0.329. The Morgan fingerprint density at radius 2 is 1.10 bits per heavy atom. The summed E-state index contributed by atoms with van der Waals surface area (Å²) in [6.45, 7) is 0. The lowest BCUT2D eigenvalue weighted by Gasteiger charge is -2.09. The maximum absolute atomic E-state index is 12.2. The molecule has 0 fully saturated rings. The van der Waals surface area contributed by atoms with Gasteiger partial charge in [0.2, 0.25) is 0 Å². The summed E-state index contributed by atoms with van der Waals surface area (Å²) in [5, 5.41) is 10.1. The fourth-order valence-electron chi connectivity index (χ4n) is 2.43. The topological polar surface area (TPSA) is 91.3 Å². The Balaban J connectivity index is 1.67. The van der Waals surface area contributed by atoms with Crippen LogP contribution in [0.4, 0.5) is 0 Å². The van der Waals surface area contributed by atoms with Crippen LogP contribution in [0.3, 0.4) is 0 Å². The van der Waals surface area contributed by atoms with Crippen LogP contribution in [0.5, 0.6) is 28.7 Å². The third-order valence-electron chi connectivity index (χ3n) is 4.00. The zero-order valence-electron chi connectivity index (χ0n) is 15.7. The van der Waals surface area contributed by atoms with Crippen LogP contribution in [0.15, 0.2) is 66.7 Å². The fourth-order valence-corrected chi connectivity index (χ4v) is 2.43.